The van der Waals surface area contributed by atoms with Crippen LogP contribution in [-0.2, 0) is 4.74 Å². The van der Waals surface area contributed by atoms with E-state index in [1.807, 2.05) is 0 Å². The summed E-state index contributed by atoms with van der Waals surface area (Å²) in [7, 11) is 0. The van der Waals surface area contributed by atoms with Crippen LogP contribution in [0.2, 0.25) is 0 Å². The number of carbonyl (C=O) groups is 1. The van der Waals surface area contributed by atoms with Gasteiger partial charge in [-0.15, -0.1) is 0 Å². The van der Waals surface area contributed by atoms with Crippen molar-refractivity contribution in [2.24, 2.45) is 0 Å². The van der Waals surface area contributed by atoms with Crippen molar-refractivity contribution in [2.45, 2.75) is 31.0 Å². The summed E-state index contributed by atoms with van der Waals surface area (Å²) in [6.07, 6.45) is -3.73. The Morgan fingerprint density at radius 2 is 2.07 bits per heavy atom. The van der Waals surface area contributed by atoms with Gasteiger partial charge in [0.1, 0.15) is 0 Å². The SMILES string of the molecule is O=C(NCC1(O)CCC1)OCC(F)(F)F. The molecule has 1 aliphatic carbocycles. The van der Waals surface area contributed by atoms with Crippen molar-refractivity contribution in [3.8, 4) is 0 Å². The molecule has 0 saturated heterocycles. The molecule has 2 N–H and O–H groups in total. The van der Waals surface area contributed by atoms with Gasteiger partial charge in [-0.25, -0.2) is 4.79 Å². The molecule has 0 spiro atoms. The van der Waals surface area contributed by atoms with Crippen molar-refractivity contribution in [2.75, 3.05) is 13.2 Å². The number of amides is 1. The minimum Gasteiger partial charge on any atom is -0.440 e. The fourth-order valence-corrected chi connectivity index (χ4v) is 1.20. The van der Waals surface area contributed by atoms with Gasteiger partial charge in [-0.05, 0) is 19.3 Å². The third kappa shape index (κ3) is 4.37. The van der Waals surface area contributed by atoms with Crippen LogP contribution >= 0.6 is 0 Å². The molecule has 7 heteroatoms. The molecule has 0 aliphatic heterocycles. The van der Waals surface area contributed by atoms with Crippen molar-refractivity contribution >= 4 is 6.09 Å². The first-order valence-corrected chi connectivity index (χ1v) is 4.51. The number of hydrogen-bond donors (Lipinski definition) is 2. The zero-order valence-corrected chi connectivity index (χ0v) is 7.93. The van der Waals surface area contributed by atoms with Gasteiger partial charge in [-0.1, -0.05) is 0 Å². The van der Waals surface area contributed by atoms with Gasteiger partial charge in [0.05, 0.1) is 5.60 Å². The summed E-state index contributed by atoms with van der Waals surface area (Å²) >= 11 is 0. The first-order chi connectivity index (χ1) is 6.81. The summed E-state index contributed by atoms with van der Waals surface area (Å²) in [6, 6.07) is 0. The molecule has 0 aromatic heterocycles. The van der Waals surface area contributed by atoms with Gasteiger partial charge in [0.25, 0.3) is 0 Å². The first kappa shape index (κ1) is 12.1. The highest BCUT2D eigenvalue weighted by molar-refractivity contribution is 5.67. The Bertz CT molecular complexity index is 238. The quantitative estimate of drug-likeness (QED) is 0.761. The minimum atomic E-state index is -4.52. The smallest absolute Gasteiger partial charge is 0.422 e. The third-order valence-electron chi connectivity index (χ3n) is 2.21. The number of halogens is 3. The fourth-order valence-electron chi connectivity index (χ4n) is 1.20. The Labute approximate surface area is 84.4 Å². The third-order valence-corrected chi connectivity index (χ3v) is 2.21. The number of hydrogen-bond acceptors (Lipinski definition) is 3. The Hall–Kier alpha value is -0.980. The standard InChI is InChI=1S/C8H12F3NO3/c9-8(10,11)5-15-6(13)12-4-7(14)2-1-3-7/h14H,1-5H2,(H,12,13). The average Bonchev–Trinajstić information content (AvgIpc) is 2.07. The molecule has 0 unspecified atom stereocenters. The number of ether oxygens (including phenoxy) is 1. The lowest BCUT2D eigenvalue weighted by Crippen LogP contribution is -2.48. The molecule has 88 valence electrons. The van der Waals surface area contributed by atoms with Crippen LogP contribution in [0.15, 0.2) is 0 Å². The van der Waals surface area contributed by atoms with Crippen LogP contribution in [0.25, 0.3) is 0 Å². The summed E-state index contributed by atoms with van der Waals surface area (Å²) in [4.78, 5) is 10.7. The second-order valence-corrected chi connectivity index (χ2v) is 3.62. The van der Waals surface area contributed by atoms with Crippen molar-refractivity contribution in [1.29, 1.82) is 0 Å². The van der Waals surface area contributed by atoms with E-state index < -0.39 is 24.5 Å². The molecule has 1 rings (SSSR count). The van der Waals surface area contributed by atoms with Gasteiger partial charge in [0.15, 0.2) is 6.61 Å². The summed E-state index contributed by atoms with van der Waals surface area (Å²) < 4.78 is 38.7. The minimum absolute atomic E-state index is 0.0658. The maximum Gasteiger partial charge on any atom is 0.422 e. The number of alkyl carbamates (subject to hydrolysis) is 1. The molecule has 1 fully saturated rings. The molecular formula is C8H12F3NO3. The summed E-state index contributed by atoms with van der Waals surface area (Å²) in [6.45, 7) is -1.68. The van der Waals surface area contributed by atoms with Gasteiger partial charge in [-0.2, -0.15) is 13.2 Å². The second kappa shape index (κ2) is 4.26. The van der Waals surface area contributed by atoms with E-state index in [2.05, 4.69) is 10.1 Å². The van der Waals surface area contributed by atoms with Crippen LogP contribution in [-0.4, -0.2) is 36.1 Å². The van der Waals surface area contributed by atoms with Crippen LogP contribution in [0.1, 0.15) is 19.3 Å². The van der Waals surface area contributed by atoms with E-state index >= 15 is 0 Å². The highest BCUT2D eigenvalue weighted by Crippen LogP contribution is 2.30. The lowest BCUT2D eigenvalue weighted by atomic mass is 9.80. The lowest BCUT2D eigenvalue weighted by Gasteiger charge is -2.36. The first-order valence-electron chi connectivity index (χ1n) is 4.51. The second-order valence-electron chi connectivity index (χ2n) is 3.62. The normalized spacial score (nSPS) is 19.2. The molecule has 1 aliphatic rings. The van der Waals surface area contributed by atoms with E-state index in [0.717, 1.165) is 6.42 Å². The van der Waals surface area contributed by atoms with Gasteiger partial charge >= 0.3 is 12.3 Å². The zero-order chi connectivity index (χ0) is 11.5. The number of nitrogens with one attached hydrogen (secondary N) is 1. The van der Waals surface area contributed by atoms with Crippen molar-refractivity contribution in [1.82, 2.24) is 5.32 Å². The predicted molar refractivity (Wildman–Crippen MR) is 44.2 cm³/mol. The van der Waals surface area contributed by atoms with Crippen molar-refractivity contribution in [3.05, 3.63) is 0 Å². The van der Waals surface area contributed by atoms with E-state index in [1.165, 1.54) is 0 Å². The van der Waals surface area contributed by atoms with Gasteiger partial charge in [-0.3, -0.25) is 0 Å². The molecule has 1 amide bonds. The molecule has 4 nitrogen and oxygen atoms in total. The van der Waals surface area contributed by atoms with Crippen molar-refractivity contribution in [3.63, 3.8) is 0 Å². The van der Waals surface area contributed by atoms with Crippen LogP contribution in [0.4, 0.5) is 18.0 Å². The molecule has 0 aromatic rings. The highest BCUT2D eigenvalue weighted by Gasteiger charge is 2.35. The van der Waals surface area contributed by atoms with Gasteiger partial charge in [0, 0.05) is 6.54 Å². The molecule has 0 atom stereocenters. The Morgan fingerprint density at radius 3 is 2.47 bits per heavy atom. The van der Waals surface area contributed by atoms with Crippen molar-refractivity contribution < 1.29 is 27.8 Å². The molecule has 0 heterocycles. The summed E-state index contributed by atoms with van der Waals surface area (Å²) in [5.74, 6) is 0. The van der Waals surface area contributed by atoms with E-state index in [4.69, 9.17) is 0 Å². The summed E-state index contributed by atoms with van der Waals surface area (Å²) in [5.41, 5.74) is -0.961. The van der Waals surface area contributed by atoms with E-state index in [9.17, 15) is 23.1 Å². The number of alkyl halides is 3. The van der Waals surface area contributed by atoms with E-state index in [1.54, 1.807) is 0 Å². The summed E-state index contributed by atoms with van der Waals surface area (Å²) in [5, 5.41) is 11.6. The predicted octanol–water partition coefficient (Wildman–Crippen LogP) is 1.19. The highest BCUT2D eigenvalue weighted by atomic mass is 19.4. The van der Waals surface area contributed by atoms with Crippen LogP contribution in [0, 0.1) is 0 Å². The number of carbonyl (C=O) groups excluding carboxylic acids is 1. The Balaban J connectivity index is 2.14. The number of rotatable bonds is 3. The molecule has 0 bridgehead atoms. The van der Waals surface area contributed by atoms with Crippen LogP contribution in [0.3, 0.4) is 0 Å². The van der Waals surface area contributed by atoms with E-state index in [0.29, 0.717) is 12.8 Å². The largest absolute Gasteiger partial charge is 0.440 e. The monoisotopic (exact) mass is 227 g/mol. The van der Waals surface area contributed by atoms with Gasteiger partial charge < -0.3 is 15.2 Å². The molecule has 1 saturated carbocycles. The maximum atomic E-state index is 11.6. The molecule has 0 radical (unpaired) electrons. The Morgan fingerprint density at radius 1 is 1.47 bits per heavy atom. The average molecular weight is 227 g/mol. The maximum absolute atomic E-state index is 11.6. The van der Waals surface area contributed by atoms with Crippen LogP contribution in [0.5, 0.6) is 0 Å². The zero-order valence-electron chi connectivity index (χ0n) is 7.93. The topological polar surface area (TPSA) is 58.6 Å². The number of aliphatic hydroxyl groups is 1. The van der Waals surface area contributed by atoms with E-state index in [-0.39, 0.29) is 6.54 Å². The Kier molecular flexibility index (Phi) is 3.43. The fraction of sp³-hybridized carbons (Fsp3) is 0.875. The molecular weight excluding hydrogens is 215 g/mol. The van der Waals surface area contributed by atoms with Gasteiger partial charge in [0.2, 0.25) is 0 Å². The van der Waals surface area contributed by atoms with Crippen LogP contribution < -0.4 is 5.32 Å². The lowest BCUT2D eigenvalue weighted by molar-refractivity contribution is -0.160. The molecule has 0 aromatic carbocycles. The molecule has 15 heavy (non-hydrogen) atoms.